The van der Waals surface area contributed by atoms with Gasteiger partial charge in [-0.2, -0.15) is 0 Å². The van der Waals surface area contributed by atoms with Crippen LogP contribution in [0.2, 0.25) is 0 Å². The van der Waals surface area contributed by atoms with Crippen LogP contribution in [0.4, 0.5) is 0 Å². The Morgan fingerprint density at radius 1 is 1.20 bits per heavy atom. The van der Waals surface area contributed by atoms with Gasteiger partial charge in [-0.3, -0.25) is 4.90 Å². The third-order valence-corrected chi connectivity index (χ3v) is 3.07. The first-order chi connectivity index (χ1) is 7.31. The highest BCUT2D eigenvalue weighted by atomic mass is 15.1. The molecule has 1 heteroatoms. The van der Waals surface area contributed by atoms with E-state index < -0.39 is 0 Å². The van der Waals surface area contributed by atoms with E-state index in [1.807, 2.05) is 12.2 Å². The fourth-order valence-electron chi connectivity index (χ4n) is 2.07. The Morgan fingerprint density at radius 2 is 1.93 bits per heavy atom. The second-order valence-electron chi connectivity index (χ2n) is 4.19. The molecular formula is C14H23N. The topological polar surface area (TPSA) is 3.24 Å². The van der Waals surface area contributed by atoms with Crippen molar-refractivity contribution in [3.05, 3.63) is 36.5 Å². The van der Waals surface area contributed by atoms with Crippen molar-refractivity contribution in [2.75, 3.05) is 19.6 Å². The summed E-state index contributed by atoms with van der Waals surface area (Å²) in [5, 5.41) is 0. The number of unbranched alkanes of at least 4 members (excludes halogenated alkanes) is 2. The lowest BCUT2D eigenvalue weighted by molar-refractivity contribution is 0.283. The van der Waals surface area contributed by atoms with Gasteiger partial charge < -0.3 is 0 Å². The smallest absolute Gasteiger partial charge is 0.0236 e. The molecule has 0 fully saturated rings. The molecule has 0 spiro atoms. The van der Waals surface area contributed by atoms with Gasteiger partial charge in [0.1, 0.15) is 0 Å². The summed E-state index contributed by atoms with van der Waals surface area (Å²) in [6.07, 6.45) is 9.08. The molecule has 0 aromatic carbocycles. The molecular weight excluding hydrogens is 182 g/mol. The number of hydrogen-bond acceptors (Lipinski definition) is 1. The summed E-state index contributed by atoms with van der Waals surface area (Å²) in [6.45, 7) is 13.5. The van der Waals surface area contributed by atoms with E-state index in [0.29, 0.717) is 0 Å². The van der Waals surface area contributed by atoms with Gasteiger partial charge >= 0.3 is 0 Å². The summed E-state index contributed by atoms with van der Waals surface area (Å²) >= 11 is 0. The van der Waals surface area contributed by atoms with Crippen LogP contribution in [-0.4, -0.2) is 24.5 Å². The monoisotopic (exact) mass is 205 g/mol. The molecule has 1 heterocycles. The summed E-state index contributed by atoms with van der Waals surface area (Å²) < 4.78 is 0. The highest BCUT2D eigenvalue weighted by molar-refractivity contribution is 5.34. The Kier molecular flexibility index (Phi) is 5.41. The molecule has 0 amide bonds. The van der Waals surface area contributed by atoms with E-state index in [9.17, 15) is 0 Å². The maximum atomic E-state index is 3.88. The van der Waals surface area contributed by atoms with Crippen molar-refractivity contribution in [2.45, 2.75) is 32.6 Å². The molecule has 0 aromatic heterocycles. The maximum absolute atomic E-state index is 3.88. The molecule has 0 saturated carbocycles. The van der Waals surface area contributed by atoms with E-state index in [0.717, 1.165) is 13.0 Å². The zero-order valence-corrected chi connectivity index (χ0v) is 9.97. The second-order valence-corrected chi connectivity index (χ2v) is 4.19. The van der Waals surface area contributed by atoms with Gasteiger partial charge in [-0.15, -0.1) is 0 Å². The van der Waals surface area contributed by atoms with Gasteiger partial charge in [0.15, 0.2) is 0 Å². The van der Waals surface area contributed by atoms with Crippen molar-refractivity contribution >= 4 is 0 Å². The van der Waals surface area contributed by atoms with Gasteiger partial charge in [-0.25, -0.2) is 0 Å². The summed E-state index contributed by atoms with van der Waals surface area (Å²) in [5.74, 6) is 0. The average Bonchev–Trinajstić information content (AvgIpc) is 2.29. The molecule has 0 aliphatic carbocycles. The first-order valence-corrected chi connectivity index (χ1v) is 6.01. The Balaban J connectivity index is 2.45. The van der Waals surface area contributed by atoms with E-state index in [-0.39, 0.29) is 0 Å². The zero-order valence-electron chi connectivity index (χ0n) is 9.97. The van der Waals surface area contributed by atoms with E-state index in [1.165, 1.54) is 43.5 Å². The molecule has 84 valence electrons. The van der Waals surface area contributed by atoms with Crippen LogP contribution in [0.15, 0.2) is 36.5 Å². The Labute approximate surface area is 94.2 Å². The molecule has 0 unspecified atom stereocenters. The van der Waals surface area contributed by atoms with Crippen LogP contribution in [0.3, 0.4) is 0 Å². The fraction of sp³-hybridized carbons (Fsp3) is 0.571. The van der Waals surface area contributed by atoms with E-state index in [1.54, 1.807) is 0 Å². The molecule has 0 radical (unpaired) electrons. The molecule has 0 atom stereocenters. The van der Waals surface area contributed by atoms with E-state index >= 15 is 0 Å². The quantitative estimate of drug-likeness (QED) is 0.599. The zero-order chi connectivity index (χ0) is 11.1. The van der Waals surface area contributed by atoms with Crippen LogP contribution in [0.5, 0.6) is 0 Å². The van der Waals surface area contributed by atoms with Crippen molar-refractivity contribution < 1.29 is 0 Å². The van der Waals surface area contributed by atoms with Crippen molar-refractivity contribution in [3.8, 4) is 0 Å². The fourth-order valence-corrected chi connectivity index (χ4v) is 2.07. The SMILES string of the molecule is C=CC1=C(C=C)CN(CCCCC)CC1. The normalized spacial score (nSPS) is 17.9. The molecule has 0 N–H and O–H groups in total. The van der Waals surface area contributed by atoms with Gasteiger partial charge in [0.05, 0.1) is 0 Å². The minimum atomic E-state index is 1.06. The van der Waals surface area contributed by atoms with Crippen molar-refractivity contribution in [2.24, 2.45) is 0 Å². The van der Waals surface area contributed by atoms with Crippen molar-refractivity contribution in [3.63, 3.8) is 0 Å². The van der Waals surface area contributed by atoms with Crippen LogP contribution in [0.1, 0.15) is 32.6 Å². The standard InChI is InChI=1S/C14H23N/c1-4-7-8-10-15-11-9-13(5-2)14(6-3)12-15/h5-6H,2-4,7-12H2,1H3. The molecule has 1 nitrogen and oxygen atoms in total. The van der Waals surface area contributed by atoms with Crippen LogP contribution < -0.4 is 0 Å². The molecule has 0 saturated heterocycles. The Bertz CT molecular complexity index is 250. The predicted octanol–water partition coefficient (Wildman–Crippen LogP) is 3.55. The first-order valence-electron chi connectivity index (χ1n) is 6.01. The lowest BCUT2D eigenvalue weighted by Gasteiger charge is -2.28. The van der Waals surface area contributed by atoms with Gasteiger partial charge in [-0.05, 0) is 30.5 Å². The molecule has 1 aliphatic rings. The van der Waals surface area contributed by atoms with Crippen LogP contribution in [0.25, 0.3) is 0 Å². The minimum absolute atomic E-state index is 1.06. The molecule has 0 aromatic rings. The average molecular weight is 205 g/mol. The minimum Gasteiger partial charge on any atom is -0.299 e. The van der Waals surface area contributed by atoms with Crippen LogP contribution >= 0.6 is 0 Å². The largest absolute Gasteiger partial charge is 0.299 e. The highest BCUT2D eigenvalue weighted by Crippen LogP contribution is 2.19. The number of hydrogen-bond donors (Lipinski definition) is 0. The third-order valence-electron chi connectivity index (χ3n) is 3.07. The number of allylic oxidation sites excluding steroid dienone is 1. The number of nitrogens with zero attached hydrogens (tertiary/aromatic N) is 1. The predicted molar refractivity (Wildman–Crippen MR) is 68.0 cm³/mol. The summed E-state index contributed by atoms with van der Waals surface area (Å²) in [4.78, 5) is 2.53. The van der Waals surface area contributed by atoms with Crippen LogP contribution in [-0.2, 0) is 0 Å². The van der Waals surface area contributed by atoms with Crippen molar-refractivity contribution in [1.82, 2.24) is 4.90 Å². The maximum Gasteiger partial charge on any atom is 0.0236 e. The Hall–Kier alpha value is -0.820. The molecule has 0 bridgehead atoms. The van der Waals surface area contributed by atoms with Gasteiger partial charge in [0.25, 0.3) is 0 Å². The van der Waals surface area contributed by atoms with Crippen molar-refractivity contribution in [1.29, 1.82) is 0 Å². The van der Waals surface area contributed by atoms with Gasteiger partial charge in [0.2, 0.25) is 0 Å². The summed E-state index contributed by atoms with van der Waals surface area (Å²) in [7, 11) is 0. The lowest BCUT2D eigenvalue weighted by atomic mass is 10.00. The Morgan fingerprint density at radius 3 is 2.53 bits per heavy atom. The summed E-state index contributed by atoms with van der Waals surface area (Å²) in [5.41, 5.74) is 2.75. The van der Waals surface area contributed by atoms with E-state index in [4.69, 9.17) is 0 Å². The van der Waals surface area contributed by atoms with E-state index in [2.05, 4.69) is 25.0 Å². The lowest BCUT2D eigenvalue weighted by Crippen LogP contribution is -2.32. The van der Waals surface area contributed by atoms with Gasteiger partial charge in [0, 0.05) is 13.1 Å². The molecule has 1 aliphatic heterocycles. The highest BCUT2D eigenvalue weighted by Gasteiger charge is 2.14. The third kappa shape index (κ3) is 3.67. The summed E-state index contributed by atoms with van der Waals surface area (Å²) in [6, 6.07) is 0. The van der Waals surface area contributed by atoms with Crippen LogP contribution in [0, 0.1) is 0 Å². The number of rotatable bonds is 6. The second kappa shape index (κ2) is 6.62. The molecule has 15 heavy (non-hydrogen) atoms. The molecule has 1 rings (SSSR count). The first kappa shape index (κ1) is 12.3. The van der Waals surface area contributed by atoms with Gasteiger partial charge in [-0.1, -0.05) is 45.1 Å².